The summed E-state index contributed by atoms with van der Waals surface area (Å²) in [5, 5.41) is 0. The second-order valence-corrected chi connectivity index (χ2v) is 3.53. The van der Waals surface area contributed by atoms with Gasteiger partial charge in [-0.1, -0.05) is 0 Å². The van der Waals surface area contributed by atoms with E-state index >= 15 is 0 Å². The average molecular weight is 141 g/mol. The molecule has 1 aliphatic heterocycles. The van der Waals surface area contributed by atoms with Gasteiger partial charge < -0.3 is 10.5 Å². The van der Waals surface area contributed by atoms with Gasteiger partial charge in [0.1, 0.15) is 0 Å². The lowest BCUT2D eigenvalue weighted by atomic mass is 10.0. The SMILES string of the molecule is N[C@@H]1CCO[C@H](C2CC2)C1. The van der Waals surface area contributed by atoms with Crippen LogP contribution in [-0.4, -0.2) is 18.8 Å². The molecule has 2 fully saturated rings. The third-order valence-corrected chi connectivity index (χ3v) is 2.50. The van der Waals surface area contributed by atoms with Crippen molar-refractivity contribution in [3.05, 3.63) is 0 Å². The molecule has 2 aliphatic rings. The summed E-state index contributed by atoms with van der Waals surface area (Å²) in [7, 11) is 0. The summed E-state index contributed by atoms with van der Waals surface area (Å²) in [4.78, 5) is 0. The molecular formula is C8H15NO. The Morgan fingerprint density at radius 2 is 2.00 bits per heavy atom. The quantitative estimate of drug-likeness (QED) is 0.589. The second kappa shape index (κ2) is 2.51. The van der Waals surface area contributed by atoms with E-state index < -0.39 is 0 Å². The van der Waals surface area contributed by atoms with E-state index in [1.807, 2.05) is 0 Å². The van der Waals surface area contributed by atoms with Gasteiger partial charge in [0.2, 0.25) is 0 Å². The molecule has 0 spiro atoms. The van der Waals surface area contributed by atoms with E-state index in [0.717, 1.165) is 25.4 Å². The zero-order valence-corrected chi connectivity index (χ0v) is 6.25. The zero-order chi connectivity index (χ0) is 6.97. The Labute approximate surface area is 61.7 Å². The van der Waals surface area contributed by atoms with Gasteiger partial charge in [0, 0.05) is 12.6 Å². The van der Waals surface area contributed by atoms with E-state index in [1.54, 1.807) is 0 Å². The van der Waals surface area contributed by atoms with Crippen LogP contribution >= 0.6 is 0 Å². The van der Waals surface area contributed by atoms with E-state index in [9.17, 15) is 0 Å². The first-order valence-corrected chi connectivity index (χ1v) is 4.23. The third kappa shape index (κ3) is 1.32. The summed E-state index contributed by atoms with van der Waals surface area (Å²) in [6, 6.07) is 0.416. The molecule has 2 N–H and O–H groups in total. The number of ether oxygens (including phenoxy) is 1. The van der Waals surface area contributed by atoms with Crippen molar-refractivity contribution in [3.8, 4) is 0 Å². The van der Waals surface area contributed by atoms with Crippen molar-refractivity contribution in [3.63, 3.8) is 0 Å². The van der Waals surface area contributed by atoms with Crippen LogP contribution in [0, 0.1) is 5.92 Å². The highest BCUT2D eigenvalue weighted by Gasteiger charge is 2.34. The molecule has 2 heteroatoms. The van der Waals surface area contributed by atoms with Gasteiger partial charge >= 0.3 is 0 Å². The van der Waals surface area contributed by atoms with E-state index in [1.165, 1.54) is 12.8 Å². The molecule has 58 valence electrons. The topological polar surface area (TPSA) is 35.2 Å². The molecule has 0 aromatic carbocycles. The predicted octanol–water partition coefficient (Wildman–Crippen LogP) is 0.903. The number of hydrogen-bond acceptors (Lipinski definition) is 2. The van der Waals surface area contributed by atoms with Crippen molar-refractivity contribution in [2.75, 3.05) is 6.61 Å². The van der Waals surface area contributed by atoms with Gasteiger partial charge in [-0.05, 0) is 31.6 Å². The minimum absolute atomic E-state index is 0.416. The molecule has 1 saturated carbocycles. The largest absolute Gasteiger partial charge is 0.378 e. The number of hydrogen-bond donors (Lipinski definition) is 1. The van der Waals surface area contributed by atoms with Crippen LogP contribution in [0.5, 0.6) is 0 Å². The average Bonchev–Trinajstić information content (AvgIpc) is 2.68. The summed E-state index contributed by atoms with van der Waals surface area (Å²) >= 11 is 0. The Balaban J connectivity index is 1.84. The Kier molecular flexibility index (Phi) is 1.66. The van der Waals surface area contributed by atoms with Crippen LogP contribution in [0.1, 0.15) is 25.7 Å². The normalized spacial score (nSPS) is 41.7. The smallest absolute Gasteiger partial charge is 0.0618 e. The molecule has 1 heterocycles. The molecule has 1 aliphatic carbocycles. The molecule has 0 aromatic rings. The highest BCUT2D eigenvalue weighted by molar-refractivity contribution is 4.86. The second-order valence-electron chi connectivity index (χ2n) is 3.53. The van der Waals surface area contributed by atoms with Crippen LogP contribution in [0.4, 0.5) is 0 Å². The highest BCUT2D eigenvalue weighted by Crippen LogP contribution is 2.37. The fraction of sp³-hybridized carbons (Fsp3) is 1.00. The van der Waals surface area contributed by atoms with Gasteiger partial charge in [0.25, 0.3) is 0 Å². The van der Waals surface area contributed by atoms with E-state index in [2.05, 4.69) is 0 Å². The maximum absolute atomic E-state index is 5.81. The molecule has 10 heavy (non-hydrogen) atoms. The van der Waals surface area contributed by atoms with Crippen molar-refractivity contribution >= 4 is 0 Å². The van der Waals surface area contributed by atoms with E-state index in [0.29, 0.717) is 12.1 Å². The van der Waals surface area contributed by atoms with E-state index in [4.69, 9.17) is 10.5 Å². The fourth-order valence-corrected chi connectivity index (χ4v) is 1.65. The molecule has 0 amide bonds. The van der Waals surface area contributed by atoms with Gasteiger partial charge in [-0.3, -0.25) is 0 Å². The lowest BCUT2D eigenvalue weighted by Crippen LogP contribution is -2.35. The Hall–Kier alpha value is -0.0800. The lowest BCUT2D eigenvalue weighted by Gasteiger charge is -2.26. The van der Waals surface area contributed by atoms with Crippen LogP contribution in [0.2, 0.25) is 0 Å². The van der Waals surface area contributed by atoms with Gasteiger partial charge in [-0.2, -0.15) is 0 Å². The summed E-state index contributed by atoms with van der Waals surface area (Å²) in [5.74, 6) is 0.867. The van der Waals surface area contributed by atoms with Gasteiger partial charge in [0.05, 0.1) is 6.10 Å². The first-order chi connectivity index (χ1) is 4.86. The number of rotatable bonds is 1. The molecule has 1 saturated heterocycles. The van der Waals surface area contributed by atoms with Crippen molar-refractivity contribution in [1.82, 2.24) is 0 Å². The van der Waals surface area contributed by atoms with Gasteiger partial charge in [0.15, 0.2) is 0 Å². The van der Waals surface area contributed by atoms with Crippen LogP contribution < -0.4 is 5.73 Å². The van der Waals surface area contributed by atoms with Crippen LogP contribution in [0.15, 0.2) is 0 Å². The minimum atomic E-state index is 0.416. The molecule has 0 unspecified atom stereocenters. The van der Waals surface area contributed by atoms with Crippen LogP contribution in [-0.2, 0) is 4.74 Å². The molecule has 2 nitrogen and oxygen atoms in total. The predicted molar refractivity (Wildman–Crippen MR) is 39.7 cm³/mol. The monoisotopic (exact) mass is 141 g/mol. The maximum Gasteiger partial charge on any atom is 0.0618 e. The summed E-state index contributed by atoms with van der Waals surface area (Å²) < 4.78 is 5.59. The van der Waals surface area contributed by atoms with E-state index in [-0.39, 0.29) is 0 Å². The molecule has 2 atom stereocenters. The van der Waals surface area contributed by atoms with Crippen LogP contribution in [0.25, 0.3) is 0 Å². The summed E-state index contributed by atoms with van der Waals surface area (Å²) in [6.07, 6.45) is 5.42. The fourth-order valence-electron chi connectivity index (χ4n) is 1.65. The molecule has 0 radical (unpaired) electrons. The van der Waals surface area contributed by atoms with Crippen molar-refractivity contribution < 1.29 is 4.74 Å². The molecular weight excluding hydrogens is 126 g/mol. The Morgan fingerprint density at radius 3 is 2.60 bits per heavy atom. The maximum atomic E-state index is 5.81. The molecule has 0 aromatic heterocycles. The zero-order valence-electron chi connectivity index (χ0n) is 6.25. The van der Waals surface area contributed by atoms with Gasteiger partial charge in [-0.25, -0.2) is 0 Å². The number of nitrogens with two attached hydrogens (primary N) is 1. The first kappa shape index (κ1) is 6.62. The Morgan fingerprint density at radius 1 is 1.20 bits per heavy atom. The summed E-state index contributed by atoms with van der Waals surface area (Å²) in [5.41, 5.74) is 5.81. The Bertz CT molecular complexity index is 122. The standard InChI is InChI=1S/C8H15NO/c9-7-3-4-10-8(5-7)6-1-2-6/h6-8H,1-5,9H2/t7-,8+/m1/s1. The van der Waals surface area contributed by atoms with Crippen LogP contribution in [0.3, 0.4) is 0 Å². The minimum Gasteiger partial charge on any atom is -0.378 e. The third-order valence-electron chi connectivity index (χ3n) is 2.50. The van der Waals surface area contributed by atoms with Crippen molar-refractivity contribution in [2.24, 2.45) is 11.7 Å². The van der Waals surface area contributed by atoms with Crippen molar-refractivity contribution in [2.45, 2.75) is 37.8 Å². The van der Waals surface area contributed by atoms with Gasteiger partial charge in [-0.15, -0.1) is 0 Å². The molecule has 2 rings (SSSR count). The lowest BCUT2D eigenvalue weighted by molar-refractivity contribution is -0.00510. The molecule has 0 bridgehead atoms. The summed E-state index contributed by atoms with van der Waals surface area (Å²) in [6.45, 7) is 0.891. The van der Waals surface area contributed by atoms with Crippen molar-refractivity contribution in [1.29, 1.82) is 0 Å². The first-order valence-electron chi connectivity index (χ1n) is 4.23. The highest BCUT2D eigenvalue weighted by atomic mass is 16.5.